The van der Waals surface area contributed by atoms with Gasteiger partial charge in [-0.15, -0.1) is 0 Å². The Balaban J connectivity index is 1.43. The number of ether oxygens (including phenoxy) is 3. The van der Waals surface area contributed by atoms with Crippen molar-refractivity contribution < 1.29 is 18.6 Å². The van der Waals surface area contributed by atoms with E-state index in [9.17, 15) is 0 Å². The van der Waals surface area contributed by atoms with Crippen molar-refractivity contribution in [1.29, 1.82) is 0 Å². The van der Waals surface area contributed by atoms with Gasteiger partial charge in [-0.05, 0) is 21.0 Å². The predicted molar refractivity (Wildman–Crippen MR) is 141 cm³/mol. The van der Waals surface area contributed by atoms with E-state index >= 15 is 0 Å². The minimum atomic E-state index is -2.50. The van der Waals surface area contributed by atoms with Crippen molar-refractivity contribution >= 4 is 18.7 Å². The highest BCUT2D eigenvalue weighted by Crippen LogP contribution is 2.36. The standard InChI is InChI=1S/C29H38O4Si/c1-29(2,3)34(27-15-9-5-10-16-27,28-17-11-6-12-18-28)33-24-23-31-20-19-30-21-22-32-25-26-13-7-4-8-14-26/h4-18H,19-25H2,1-3H3. The number of hydrogen-bond donors (Lipinski definition) is 0. The molecule has 4 nitrogen and oxygen atoms in total. The fraction of sp³-hybridized carbons (Fsp3) is 0.379. The monoisotopic (exact) mass is 478 g/mol. The zero-order chi connectivity index (χ0) is 24.1. The van der Waals surface area contributed by atoms with Gasteiger partial charge >= 0.3 is 0 Å². The molecule has 34 heavy (non-hydrogen) atoms. The third kappa shape index (κ3) is 7.36. The van der Waals surface area contributed by atoms with Crippen LogP contribution in [0.4, 0.5) is 0 Å². The van der Waals surface area contributed by atoms with Crippen molar-refractivity contribution in [1.82, 2.24) is 0 Å². The summed E-state index contributed by atoms with van der Waals surface area (Å²) in [5.41, 5.74) is 1.17. The first-order valence-corrected chi connectivity index (χ1v) is 14.0. The van der Waals surface area contributed by atoms with E-state index in [0.717, 1.165) is 0 Å². The average molecular weight is 479 g/mol. The van der Waals surface area contributed by atoms with Gasteiger partial charge in [0.25, 0.3) is 8.32 Å². The molecule has 0 aromatic heterocycles. The minimum Gasteiger partial charge on any atom is -0.405 e. The molecule has 5 heteroatoms. The summed E-state index contributed by atoms with van der Waals surface area (Å²) in [6, 6.07) is 31.5. The van der Waals surface area contributed by atoms with Crippen LogP contribution in [0.25, 0.3) is 0 Å². The van der Waals surface area contributed by atoms with E-state index in [1.54, 1.807) is 0 Å². The quantitative estimate of drug-likeness (QED) is 0.246. The Bertz CT molecular complexity index is 887. The third-order valence-electron chi connectivity index (χ3n) is 5.82. The molecule has 0 fully saturated rings. The topological polar surface area (TPSA) is 36.9 Å². The van der Waals surface area contributed by atoms with Crippen LogP contribution in [0.15, 0.2) is 91.0 Å². The zero-order valence-corrected chi connectivity index (χ0v) is 21.7. The van der Waals surface area contributed by atoms with E-state index in [1.807, 2.05) is 18.2 Å². The Labute approximate surface area is 206 Å². The Hall–Kier alpha value is -2.28. The predicted octanol–water partition coefficient (Wildman–Crippen LogP) is 4.81. The van der Waals surface area contributed by atoms with Gasteiger partial charge in [-0.3, -0.25) is 0 Å². The lowest BCUT2D eigenvalue weighted by Crippen LogP contribution is -2.66. The summed E-state index contributed by atoms with van der Waals surface area (Å²) in [5, 5.41) is 2.54. The van der Waals surface area contributed by atoms with Crippen LogP contribution in [0.3, 0.4) is 0 Å². The van der Waals surface area contributed by atoms with Gasteiger partial charge in [-0.2, -0.15) is 0 Å². The molecule has 3 aromatic carbocycles. The Morgan fingerprint density at radius 3 is 1.41 bits per heavy atom. The number of hydrogen-bond acceptors (Lipinski definition) is 4. The van der Waals surface area contributed by atoms with Crippen molar-refractivity contribution in [3.63, 3.8) is 0 Å². The molecule has 0 heterocycles. The molecule has 0 unspecified atom stereocenters. The fourth-order valence-electron chi connectivity index (χ4n) is 4.22. The minimum absolute atomic E-state index is 0.0292. The summed E-state index contributed by atoms with van der Waals surface area (Å²) in [6.45, 7) is 10.8. The lowest BCUT2D eigenvalue weighted by Gasteiger charge is -2.43. The summed E-state index contributed by atoms with van der Waals surface area (Å²) in [4.78, 5) is 0. The zero-order valence-electron chi connectivity index (χ0n) is 20.7. The van der Waals surface area contributed by atoms with Crippen molar-refractivity contribution in [2.75, 3.05) is 39.6 Å². The highest BCUT2D eigenvalue weighted by atomic mass is 28.4. The van der Waals surface area contributed by atoms with Crippen LogP contribution in [0.2, 0.25) is 5.04 Å². The molecule has 0 spiro atoms. The SMILES string of the molecule is CC(C)(C)[Si](OCCOCCOCCOCc1ccccc1)(c1ccccc1)c1ccccc1. The molecule has 0 aliphatic heterocycles. The van der Waals surface area contributed by atoms with Crippen LogP contribution in [0, 0.1) is 0 Å². The lowest BCUT2D eigenvalue weighted by molar-refractivity contribution is 0.00546. The molecule has 0 bridgehead atoms. The molecule has 0 aliphatic rings. The first-order chi connectivity index (χ1) is 16.5. The molecule has 0 saturated heterocycles. The van der Waals surface area contributed by atoms with Crippen LogP contribution < -0.4 is 10.4 Å². The normalized spacial score (nSPS) is 12.1. The summed E-state index contributed by atoms with van der Waals surface area (Å²) >= 11 is 0. The molecule has 0 aliphatic carbocycles. The van der Waals surface area contributed by atoms with Gasteiger partial charge in [0, 0.05) is 0 Å². The molecule has 3 aromatic rings. The molecular formula is C29H38O4Si. The van der Waals surface area contributed by atoms with Gasteiger partial charge in [-0.25, -0.2) is 0 Å². The van der Waals surface area contributed by atoms with Gasteiger partial charge in [0.05, 0.1) is 46.2 Å². The summed E-state index contributed by atoms with van der Waals surface area (Å²) in [7, 11) is -2.50. The molecule has 0 atom stereocenters. The van der Waals surface area contributed by atoms with Gasteiger partial charge in [0.15, 0.2) is 0 Å². The first kappa shape index (κ1) is 26.3. The third-order valence-corrected chi connectivity index (χ3v) is 10.9. The number of benzene rings is 3. The molecular weight excluding hydrogens is 440 g/mol. The van der Waals surface area contributed by atoms with E-state index in [4.69, 9.17) is 18.6 Å². The van der Waals surface area contributed by atoms with E-state index in [0.29, 0.717) is 46.2 Å². The highest BCUT2D eigenvalue weighted by Gasteiger charge is 2.49. The maximum absolute atomic E-state index is 6.82. The lowest BCUT2D eigenvalue weighted by atomic mass is 10.2. The van der Waals surface area contributed by atoms with E-state index in [1.165, 1.54) is 15.9 Å². The molecule has 0 amide bonds. The number of rotatable bonds is 14. The van der Waals surface area contributed by atoms with Crippen LogP contribution in [-0.2, 0) is 25.2 Å². The second-order valence-corrected chi connectivity index (χ2v) is 13.6. The van der Waals surface area contributed by atoms with Crippen LogP contribution >= 0.6 is 0 Å². The molecule has 0 saturated carbocycles. The maximum Gasteiger partial charge on any atom is 0.261 e. The van der Waals surface area contributed by atoms with Gasteiger partial charge in [0.2, 0.25) is 0 Å². The molecule has 0 N–H and O–H groups in total. The fourth-order valence-corrected chi connectivity index (χ4v) is 8.76. The van der Waals surface area contributed by atoms with Crippen LogP contribution in [-0.4, -0.2) is 48.0 Å². The average Bonchev–Trinajstić information content (AvgIpc) is 2.86. The summed E-state index contributed by atoms with van der Waals surface area (Å²) in [5.74, 6) is 0. The largest absolute Gasteiger partial charge is 0.405 e. The van der Waals surface area contributed by atoms with Crippen molar-refractivity contribution in [2.45, 2.75) is 32.4 Å². The van der Waals surface area contributed by atoms with Gasteiger partial charge in [0.1, 0.15) is 0 Å². The van der Waals surface area contributed by atoms with E-state index in [-0.39, 0.29) is 5.04 Å². The smallest absolute Gasteiger partial charge is 0.261 e. The van der Waals surface area contributed by atoms with Crippen LogP contribution in [0.5, 0.6) is 0 Å². The van der Waals surface area contributed by atoms with Crippen molar-refractivity contribution in [2.24, 2.45) is 0 Å². The highest BCUT2D eigenvalue weighted by molar-refractivity contribution is 6.99. The summed E-state index contributed by atoms with van der Waals surface area (Å²) in [6.07, 6.45) is 0. The second kappa shape index (κ2) is 13.6. The van der Waals surface area contributed by atoms with Gasteiger partial charge < -0.3 is 18.6 Å². The van der Waals surface area contributed by atoms with Crippen LogP contribution in [0.1, 0.15) is 26.3 Å². The first-order valence-electron chi connectivity index (χ1n) is 12.1. The maximum atomic E-state index is 6.82. The molecule has 182 valence electrons. The Morgan fingerprint density at radius 1 is 0.529 bits per heavy atom. The summed E-state index contributed by atoms with van der Waals surface area (Å²) < 4.78 is 23.9. The molecule has 3 rings (SSSR count). The van der Waals surface area contributed by atoms with E-state index in [2.05, 4.69) is 93.6 Å². The Morgan fingerprint density at radius 2 is 0.941 bits per heavy atom. The van der Waals surface area contributed by atoms with Crippen molar-refractivity contribution in [3.8, 4) is 0 Å². The molecule has 0 radical (unpaired) electrons. The van der Waals surface area contributed by atoms with Gasteiger partial charge in [-0.1, -0.05) is 112 Å². The van der Waals surface area contributed by atoms with Crippen molar-refractivity contribution in [3.05, 3.63) is 96.6 Å². The Kier molecular flexibility index (Phi) is 10.5. The van der Waals surface area contributed by atoms with E-state index < -0.39 is 8.32 Å². The second-order valence-electron chi connectivity index (χ2n) is 9.27.